The molecular weight excluding hydrogens is 342 g/mol. The molecule has 0 fully saturated rings. The summed E-state index contributed by atoms with van der Waals surface area (Å²) in [4.78, 5) is 16.7. The fourth-order valence-electron chi connectivity index (χ4n) is 2.58. The molecule has 0 aliphatic rings. The maximum Gasteiger partial charge on any atom is 0.251 e. The molecular formula is C21H21N3O3. The lowest BCUT2D eigenvalue weighted by Crippen LogP contribution is -2.22. The molecule has 3 aromatic rings. The molecule has 0 unspecified atom stereocenters. The van der Waals surface area contributed by atoms with Gasteiger partial charge in [-0.1, -0.05) is 30.3 Å². The number of nitrogens with zero attached hydrogens (tertiary/aromatic N) is 1. The van der Waals surface area contributed by atoms with Gasteiger partial charge in [0.05, 0.1) is 14.2 Å². The van der Waals surface area contributed by atoms with Crippen LogP contribution in [0.5, 0.6) is 11.5 Å². The highest BCUT2D eigenvalue weighted by Gasteiger charge is 2.09. The van der Waals surface area contributed by atoms with Crippen molar-refractivity contribution < 1.29 is 14.3 Å². The van der Waals surface area contributed by atoms with Crippen LogP contribution < -0.4 is 20.1 Å². The van der Waals surface area contributed by atoms with Gasteiger partial charge in [-0.2, -0.15) is 0 Å². The van der Waals surface area contributed by atoms with Crippen molar-refractivity contribution in [2.75, 3.05) is 19.5 Å². The number of aromatic nitrogens is 1. The Balaban J connectivity index is 1.69. The number of ether oxygens (including phenoxy) is 2. The van der Waals surface area contributed by atoms with Gasteiger partial charge in [-0.15, -0.1) is 0 Å². The van der Waals surface area contributed by atoms with Crippen LogP contribution in [-0.2, 0) is 6.54 Å². The maximum absolute atomic E-state index is 12.4. The number of carbonyl (C=O) groups is 1. The summed E-state index contributed by atoms with van der Waals surface area (Å²) in [5.41, 5.74) is 2.36. The molecule has 2 aromatic carbocycles. The van der Waals surface area contributed by atoms with Crippen LogP contribution in [0.2, 0.25) is 0 Å². The Morgan fingerprint density at radius 1 is 0.963 bits per heavy atom. The highest BCUT2D eigenvalue weighted by molar-refractivity contribution is 5.94. The van der Waals surface area contributed by atoms with Gasteiger partial charge in [0.1, 0.15) is 5.82 Å². The summed E-state index contributed by atoms with van der Waals surface area (Å²) in [6, 6.07) is 18.6. The number of rotatable bonds is 7. The highest BCUT2D eigenvalue weighted by atomic mass is 16.5. The molecule has 1 heterocycles. The standard InChI is InChI=1S/C21H21N3O3/c1-26-18-9-8-17(13-19(18)27-2)24-20-12-16(10-11-22-20)21(25)23-14-15-6-4-3-5-7-15/h3-13H,14H2,1-2H3,(H,22,24)(H,23,25). The van der Waals surface area contributed by atoms with Gasteiger partial charge in [0.2, 0.25) is 0 Å². The van der Waals surface area contributed by atoms with E-state index in [4.69, 9.17) is 9.47 Å². The van der Waals surface area contributed by atoms with Crippen molar-refractivity contribution in [1.29, 1.82) is 0 Å². The van der Waals surface area contributed by atoms with Gasteiger partial charge in [-0.05, 0) is 29.8 Å². The van der Waals surface area contributed by atoms with Crippen LogP contribution in [0.15, 0.2) is 66.9 Å². The predicted octanol–water partition coefficient (Wildman–Crippen LogP) is 3.77. The minimum absolute atomic E-state index is 0.156. The molecule has 0 aliphatic carbocycles. The smallest absolute Gasteiger partial charge is 0.251 e. The molecule has 1 aromatic heterocycles. The summed E-state index contributed by atoms with van der Waals surface area (Å²) in [6.07, 6.45) is 1.60. The molecule has 0 spiro atoms. The van der Waals surface area contributed by atoms with Crippen molar-refractivity contribution in [3.63, 3.8) is 0 Å². The van der Waals surface area contributed by atoms with Gasteiger partial charge in [0.15, 0.2) is 11.5 Å². The van der Waals surface area contributed by atoms with Crippen LogP contribution in [0.4, 0.5) is 11.5 Å². The fourth-order valence-corrected chi connectivity index (χ4v) is 2.58. The Morgan fingerprint density at radius 3 is 2.48 bits per heavy atom. The van der Waals surface area contributed by atoms with E-state index in [-0.39, 0.29) is 5.91 Å². The van der Waals surface area contributed by atoms with E-state index in [1.807, 2.05) is 42.5 Å². The third-order valence-electron chi connectivity index (χ3n) is 3.97. The van der Waals surface area contributed by atoms with E-state index in [1.54, 1.807) is 38.6 Å². The molecule has 6 heteroatoms. The lowest BCUT2D eigenvalue weighted by Gasteiger charge is -2.11. The number of hydrogen-bond acceptors (Lipinski definition) is 5. The average Bonchev–Trinajstić information content (AvgIpc) is 2.73. The molecule has 138 valence electrons. The van der Waals surface area contributed by atoms with E-state index in [0.717, 1.165) is 11.3 Å². The van der Waals surface area contributed by atoms with Gasteiger partial charge >= 0.3 is 0 Å². The van der Waals surface area contributed by atoms with Crippen LogP contribution in [0.1, 0.15) is 15.9 Å². The topological polar surface area (TPSA) is 72.5 Å². The fraction of sp³-hybridized carbons (Fsp3) is 0.143. The number of anilines is 2. The Morgan fingerprint density at radius 2 is 1.74 bits per heavy atom. The molecule has 6 nitrogen and oxygen atoms in total. The summed E-state index contributed by atoms with van der Waals surface area (Å²) in [5.74, 6) is 1.66. The lowest BCUT2D eigenvalue weighted by molar-refractivity contribution is 0.0951. The minimum Gasteiger partial charge on any atom is -0.493 e. The van der Waals surface area contributed by atoms with Crippen molar-refractivity contribution in [3.8, 4) is 11.5 Å². The van der Waals surface area contributed by atoms with Gasteiger partial charge in [-0.3, -0.25) is 4.79 Å². The average molecular weight is 363 g/mol. The molecule has 0 radical (unpaired) electrons. The van der Waals surface area contributed by atoms with Crippen LogP contribution >= 0.6 is 0 Å². The molecule has 0 aliphatic heterocycles. The summed E-state index contributed by atoms with van der Waals surface area (Å²) in [7, 11) is 3.17. The molecule has 2 N–H and O–H groups in total. The van der Waals surface area contributed by atoms with Crippen molar-refractivity contribution in [1.82, 2.24) is 10.3 Å². The van der Waals surface area contributed by atoms with Crippen LogP contribution in [0.25, 0.3) is 0 Å². The molecule has 27 heavy (non-hydrogen) atoms. The normalized spacial score (nSPS) is 10.1. The number of hydrogen-bond donors (Lipinski definition) is 2. The monoisotopic (exact) mass is 363 g/mol. The van der Waals surface area contributed by atoms with Gasteiger partial charge < -0.3 is 20.1 Å². The third kappa shape index (κ3) is 4.76. The number of nitrogens with one attached hydrogen (secondary N) is 2. The molecule has 1 amide bonds. The van der Waals surface area contributed by atoms with E-state index < -0.39 is 0 Å². The number of amides is 1. The number of carbonyl (C=O) groups excluding carboxylic acids is 1. The van der Waals surface area contributed by atoms with Crippen LogP contribution in [0.3, 0.4) is 0 Å². The van der Waals surface area contributed by atoms with E-state index >= 15 is 0 Å². The zero-order valence-electron chi connectivity index (χ0n) is 15.2. The molecule has 0 saturated heterocycles. The number of pyridine rings is 1. The summed E-state index contributed by atoms with van der Waals surface area (Å²) >= 11 is 0. The van der Waals surface area contributed by atoms with Crippen molar-refractivity contribution in [2.24, 2.45) is 0 Å². The van der Waals surface area contributed by atoms with Crippen LogP contribution in [-0.4, -0.2) is 25.1 Å². The quantitative estimate of drug-likeness (QED) is 0.668. The Labute approximate surface area is 158 Å². The predicted molar refractivity (Wildman–Crippen MR) is 105 cm³/mol. The van der Waals surface area contributed by atoms with Gasteiger partial charge in [0, 0.05) is 30.1 Å². The first-order valence-electron chi connectivity index (χ1n) is 8.47. The van der Waals surface area contributed by atoms with Crippen LogP contribution in [0, 0.1) is 0 Å². The van der Waals surface area contributed by atoms with E-state index in [2.05, 4.69) is 15.6 Å². The summed E-state index contributed by atoms with van der Waals surface area (Å²) in [5, 5.41) is 6.08. The summed E-state index contributed by atoms with van der Waals surface area (Å²) < 4.78 is 10.5. The third-order valence-corrected chi connectivity index (χ3v) is 3.97. The van der Waals surface area contributed by atoms with Crippen molar-refractivity contribution in [3.05, 3.63) is 78.0 Å². The van der Waals surface area contributed by atoms with Gasteiger partial charge in [0.25, 0.3) is 5.91 Å². The molecule has 0 bridgehead atoms. The first-order chi connectivity index (χ1) is 13.2. The maximum atomic E-state index is 12.4. The van der Waals surface area contributed by atoms with E-state index in [9.17, 15) is 4.79 Å². The number of benzene rings is 2. The van der Waals surface area contributed by atoms with E-state index in [0.29, 0.717) is 29.4 Å². The first kappa shape index (κ1) is 18.3. The molecule has 3 rings (SSSR count). The second-order valence-corrected chi connectivity index (χ2v) is 5.79. The zero-order valence-corrected chi connectivity index (χ0v) is 15.2. The largest absolute Gasteiger partial charge is 0.493 e. The Kier molecular flexibility index (Phi) is 5.89. The Hall–Kier alpha value is -3.54. The SMILES string of the molecule is COc1ccc(Nc2cc(C(=O)NCc3ccccc3)ccn2)cc1OC. The zero-order chi connectivity index (χ0) is 19.1. The first-order valence-corrected chi connectivity index (χ1v) is 8.47. The minimum atomic E-state index is -0.156. The molecule has 0 atom stereocenters. The lowest BCUT2D eigenvalue weighted by atomic mass is 10.2. The summed E-state index contributed by atoms with van der Waals surface area (Å²) in [6.45, 7) is 0.473. The van der Waals surface area contributed by atoms with E-state index in [1.165, 1.54) is 0 Å². The second kappa shape index (κ2) is 8.71. The Bertz CT molecular complexity index is 914. The van der Waals surface area contributed by atoms with Crippen molar-refractivity contribution in [2.45, 2.75) is 6.54 Å². The van der Waals surface area contributed by atoms with Crippen molar-refractivity contribution >= 4 is 17.4 Å². The van der Waals surface area contributed by atoms with Gasteiger partial charge in [-0.25, -0.2) is 4.98 Å². The highest BCUT2D eigenvalue weighted by Crippen LogP contribution is 2.30. The molecule has 0 saturated carbocycles. The second-order valence-electron chi connectivity index (χ2n) is 5.79. The number of methoxy groups -OCH3 is 2.